The Balaban J connectivity index is 1.56. The summed E-state index contributed by atoms with van der Waals surface area (Å²) in [4.78, 5) is 16.6. The lowest BCUT2D eigenvalue weighted by Crippen LogP contribution is -2.16. The first kappa shape index (κ1) is 16.7. The molecule has 1 fully saturated rings. The van der Waals surface area contributed by atoms with Gasteiger partial charge >= 0.3 is 0 Å². The molecule has 1 amide bonds. The lowest BCUT2D eigenvalue weighted by Gasteiger charge is -2.21. The molecule has 0 atom stereocenters. The maximum Gasteiger partial charge on any atom is 0.286 e. The number of ether oxygens (including phenoxy) is 1. The van der Waals surface area contributed by atoms with Gasteiger partial charge in [-0.25, -0.2) is 0 Å². The van der Waals surface area contributed by atoms with Crippen molar-refractivity contribution >= 4 is 40.8 Å². The minimum Gasteiger partial charge on any atom is -0.484 e. The summed E-state index contributed by atoms with van der Waals surface area (Å²) < 4.78 is 7.88. The first-order valence-electron chi connectivity index (χ1n) is 7.36. The van der Waals surface area contributed by atoms with Crippen LogP contribution in [0.2, 0.25) is 0 Å². The molecule has 0 aliphatic carbocycles. The number of thioether (sulfide) groups is 2. The molecule has 2 heterocycles. The summed E-state index contributed by atoms with van der Waals surface area (Å²) in [5, 5.41) is 1.90. The molecule has 1 aromatic carbocycles. The van der Waals surface area contributed by atoms with E-state index < -0.39 is 0 Å². The minimum atomic E-state index is -0.273. The first-order valence-corrected chi connectivity index (χ1v) is 10.3. The lowest BCUT2D eigenvalue weighted by molar-refractivity contribution is -0.120. The number of carbonyl (C=O) groups excluding carboxylic acids is 1. The first-order chi connectivity index (χ1) is 11.2. The van der Waals surface area contributed by atoms with Crippen LogP contribution in [0.25, 0.3) is 0 Å². The Labute approximate surface area is 148 Å². The molecule has 0 saturated carbocycles. The maximum atomic E-state index is 11.8. The number of aromatic nitrogens is 1. The monoisotopic (exact) mass is 366 g/mol. The Morgan fingerprint density at radius 2 is 2.04 bits per heavy atom. The van der Waals surface area contributed by atoms with Gasteiger partial charge in [-0.2, -0.15) is 4.99 Å². The highest BCUT2D eigenvalue weighted by atomic mass is 32.2. The van der Waals surface area contributed by atoms with Crippen molar-refractivity contribution in [2.75, 3.05) is 18.1 Å². The minimum absolute atomic E-state index is 0.0375. The third-order valence-corrected chi connectivity index (χ3v) is 7.18. The van der Waals surface area contributed by atoms with Gasteiger partial charge in [-0.3, -0.25) is 4.79 Å². The van der Waals surface area contributed by atoms with E-state index >= 15 is 0 Å². The molecule has 7 heteroatoms. The number of hydrogen-bond acceptors (Lipinski definition) is 5. The van der Waals surface area contributed by atoms with Crippen molar-refractivity contribution in [1.29, 1.82) is 0 Å². The Morgan fingerprint density at radius 3 is 2.70 bits per heavy atom. The average molecular weight is 367 g/mol. The fourth-order valence-electron chi connectivity index (χ4n) is 2.12. The van der Waals surface area contributed by atoms with Crippen molar-refractivity contribution in [2.24, 2.45) is 12.0 Å². The SMILES string of the molecule is Cn1ccsc1=NC(=O)COc1ccc(C2SCCCS2)cc1. The lowest BCUT2D eigenvalue weighted by atomic mass is 10.2. The predicted octanol–water partition coefficient (Wildman–Crippen LogP) is 3.46. The van der Waals surface area contributed by atoms with Gasteiger partial charge < -0.3 is 9.30 Å². The molecule has 3 rings (SSSR count). The van der Waals surface area contributed by atoms with E-state index in [4.69, 9.17) is 4.74 Å². The zero-order chi connectivity index (χ0) is 16.1. The van der Waals surface area contributed by atoms with Crippen molar-refractivity contribution in [2.45, 2.75) is 11.0 Å². The standard InChI is InChI=1S/C16H18N2O2S3/c1-18-7-10-23-16(18)17-14(19)11-20-13-5-3-12(4-6-13)15-21-8-2-9-22-15/h3-7,10,15H,2,8-9,11H2,1H3. The molecular formula is C16H18N2O2S3. The van der Waals surface area contributed by atoms with Gasteiger partial charge in [-0.1, -0.05) is 12.1 Å². The Morgan fingerprint density at radius 1 is 1.30 bits per heavy atom. The second-order valence-electron chi connectivity index (χ2n) is 5.09. The van der Waals surface area contributed by atoms with E-state index in [0.717, 1.165) is 0 Å². The van der Waals surface area contributed by atoms with E-state index in [2.05, 4.69) is 17.1 Å². The van der Waals surface area contributed by atoms with Crippen molar-refractivity contribution in [3.63, 3.8) is 0 Å². The number of amides is 1. The number of aryl methyl sites for hydroxylation is 1. The zero-order valence-electron chi connectivity index (χ0n) is 12.8. The van der Waals surface area contributed by atoms with E-state index in [1.165, 1.54) is 34.8 Å². The Bertz CT molecular complexity index is 715. The molecule has 2 aromatic rings. The third kappa shape index (κ3) is 4.65. The van der Waals surface area contributed by atoms with Gasteiger partial charge in [-0.15, -0.1) is 34.9 Å². The number of thiazole rings is 1. The van der Waals surface area contributed by atoms with Crippen LogP contribution in [0.3, 0.4) is 0 Å². The van der Waals surface area contributed by atoms with Gasteiger partial charge in [0.05, 0.1) is 4.58 Å². The second kappa shape index (κ2) is 8.08. The molecule has 0 unspecified atom stereocenters. The molecule has 1 aliphatic heterocycles. The summed E-state index contributed by atoms with van der Waals surface area (Å²) in [6.07, 6.45) is 3.16. The molecule has 0 spiro atoms. The molecular weight excluding hydrogens is 348 g/mol. The number of nitrogens with zero attached hydrogens (tertiary/aromatic N) is 2. The van der Waals surface area contributed by atoms with Crippen LogP contribution in [0.4, 0.5) is 0 Å². The normalized spacial score (nSPS) is 16.5. The zero-order valence-corrected chi connectivity index (χ0v) is 15.3. The van der Waals surface area contributed by atoms with Crippen LogP contribution in [0, 0.1) is 0 Å². The molecule has 1 saturated heterocycles. The second-order valence-corrected chi connectivity index (χ2v) is 8.68. The average Bonchev–Trinajstić information content (AvgIpc) is 2.99. The van der Waals surface area contributed by atoms with Gasteiger partial charge in [-0.05, 0) is 35.6 Å². The highest BCUT2D eigenvalue weighted by molar-refractivity contribution is 8.16. The third-order valence-electron chi connectivity index (χ3n) is 3.32. The van der Waals surface area contributed by atoms with Crippen LogP contribution < -0.4 is 9.54 Å². The number of hydrogen-bond donors (Lipinski definition) is 0. The van der Waals surface area contributed by atoms with Gasteiger partial charge in [0.2, 0.25) is 0 Å². The fourth-order valence-corrected chi connectivity index (χ4v) is 5.76. The van der Waals surface area contributed by atoms with Crippen LogP contribution >= 0.6 is 34.9 Å². The van der Waals surface area contributed by atoms with Crippen LogP contribution in [0.1, 0.15) is 16.6 Å². The molecule has 0 bridgehead atoms. The van der Waals surface area contributed by atoms with E-state index in [0.29, 0.717) is 15.1 Å². The van der Waals surface area contributed by atoms with Gasteiger partial charge in [0.1, 0.15) is 5.75 Å². The van der Waals surface area contributed by atoms with Crippen molar-refractivity contribution < 1.29 is 9.53 Å². The quantitative estimate of drug-likeness (QED) is 0.831. The van der Waals surface area contributed by atoms with Crippen LogP contribution in [0.5, 0.6) is 5.75 Å². The topological polar surface area (TPSA) is 43.6 Å². The summed E-state index contributed by atoms with van der Waals surface area (Å²) in [6.45, 7) is -0.0375. The molecule has 122 valence electrons. The van der Waals surface area contributed by atoms with Crippen LogP contribution in [-0.2, 0) is 11.8 Å². The van der Waals surface area contributed by atoms with E-state index in [9.17, 15) is 4.79 Å². The molecule has 0 N–H and O–H groups in total. The molecule has 23 heavy (non-hydrogen) atoms. The summed E-state index contributed by atoms with van der Waals surface area (Å²) in [7, 11) is 1.86. The van der Waals surface area contributed by atoms with Crippen molar-refractivity contribution in [3.05, 3.63) is 46.2 Å². The predicted molar refractivity (Wildman–Crippen MR) is 98.1 cm³/mol. The van der Waals surface area contributed by atoms with Crippen LogP contribution in [0.15, 0.2) is 40.8 Å². The smallest absolute Gasteiger partial charge is 0.286 e. The summed E-state index contributed by atoms with van der Waals surface area (Å²) >= 11 is 5.42. The van der Waals surface area contributed by atoms with E-state index in [1.807, 2.05) is 58.8 Å². The Kier molecular flexibility index (Phi) is 5.85. The van der Waals surface area contributed by atoms with Crippen molar-refractivity contribution in [3.8, 4) is 5.75 Å². The highest BCUT2D eigenvalue weighted by Gasteiger charge is 2.16. The summed E-state index contributed by atoms with van der Waals surface area (Å²) in [5.74, 6) is 2.89. The highest BCUT2D eigenvalue weighted by Crippen LogP contribution is 2.43. The fraction of sp³-hybridized carbons (Fsp3) is 0.375. The molecule has 1 aromatic heterocycles. The maximum absolute atomic E-state index is 11.8. The summed E-state index contributed by atoms with van der Waals surface area (Å²) in [5.41, 5.74) is 1.31. The van der Waals surface area contributed by atoms with Gasteiger partial charge in [0, 0.05) is 18.6 Å². The largest absolute Gasteiger partial charge is 0.484 e. The summed E-state index contributed by atoms with van der Waals surface area (Å²) in [6, 6.07) is 8.05. The Hall–Kier alpha value is -1.18. The van der Waals surface area contributed by atoms with Gasteiger partial charge in [0.15, 0.2) is 11.4 Å². The number of rotatable bonds is 4. The molecule has 4 nitrogen and oxygen atoms in total. The van der Waals surface area contributed by atoms with E-state index in [1.54, 1.807) is 0 Å². The van der Waals surface area contributed by atoms with Gasteiger partial charge in [0.25, 0.3) is 5.91 Å². The molecule has 1 aliphatic rings. The van der Waals surface area contributed by atoms with E-state index in [-0.39, 0.29) is 12.5 Å². The number of carbonyl (C=O) groups is 1. The van der Waals surface area contributed by atoms with Crippen LogP contribution in [-0.4, -0.2) is 28.6 Å². The van der Waals surface area contributed by atoms with Crippen molar-refractivity contribution in [1.82, 2.24) is 4.57 Å². The molecule has 0 radical (unpaired) electrons. The number of benzene rings is 1.